The quantitative estimate of drug-likeness (QED) is 0.849. The van der Waals surface area contributed by atoms with E-state index in [-0.39, 0.29) is 24.2 Å². The molecule has 2 amide bonds. The van der Waals surface area contributed by atoms with E-state index < -0.39 is 5.41 Å². The van der Waals surface area contributed by atoms with Gasteiger partial charge in [0.05, 0.1) is 12.0 Å². The van der Waals surface area contributed by atoms with E-state index in [0.29, 0.717) is 10.7 Å². The molecule has 0 heterocycles. The van der Waals surface area contributed by atoms with Gasteiger partial charge in [-0.15, -0.1) is 11.6 Å². The normalized spacial score (nSPS) is 11.1. The van der Waals surface area contributed by atoms with Gasteiger partial charge in [0.2, 0.25) is 11.8 Å². The van der Waals surface area contributed by atoms with Gasteiger partial charge in [0.1, 0.15) is 0 Å². The van der Waals surface area contributed by atoms with E-state index in [9.17, 15) is 9.59 Å². The molecule has 1 aromatic carbocycles. The molecule has 6 heteroatoms. The number of amides is 2. The molecule has 110 valence electrons. The largest absolute Gasteiger partial charge is 0.336 e. The van der Waals surface area contributed by atoms with Crippen LogP contribution in [0.5, 0.6) is 0 Å². The van der Waals surface area contributed by atoms with Crippen molar-refractivity contribution in [1.29, 1.82) is 0 Å². The number of rotatable bonds is 5. The Labute approximate surface area is 129 Å². The third-order valence-electron chi connectivity index (χ3n) is 2.77. The summed E-state index contributed by atoms with van der Waals surface area (Å²) in [6.07, 6.45) is 0. The summed E-state index contributed by atoms with van der Waals surface area (Å²) in [5, 5.41) is 3.30. The van der Waals surface area contributed by atoms with E-state index in [1.807, 2.05) is 0 Å². The number of anilines is 1. The molecule has 1 rings (SSSR count). The number of carbonyl (C=O) groups is 2. The van der Waals surface area contributed by atoms with Gasteiger partial charge in [0.15, 0.2) is 0 Å². The van der Waals surface area contributed by atoms with E-state index in [4.69, 9.17) is 23.2 Å². The summed E-state index contributed by atoms with van der Waals surface area (Å²) >= 11 is 11.5. The molecule has 4 nitrogen and oxygen atoms in total. The molecule has 1 N–H and O–H groups in total. The van der Waals surface area contributed by atoms with Crippen molar-refractivity contribution in [2.24, 2.45) is 5.41 Å². The second-order valence-electron chi connectivity index (χ2n) is 5.23. The second-order valence-corrected chi connectivity index (χ2v) is 5.94. The fourth-order valence-corrected chi connectivity index (χ4v) is 1.84. The predicted molar refractivity (Wildman–Crippen MR) is 82.2 cm³/mol. The van der Waals surface area contributed by atoms with Crippen LogP contribution >= 0.6 is 23.2 Å². The van der Waals surface area contributed by atoms with Gasteiger partial charge in [-0.2, -0.15) is 0 Å². The molecule has 0 radical (unpaired) electrons. The van der Waals surface area contributed by atoms with E-state index in [1.54, 1.807) is 45.2 Å². The van der Waals surface area contributed by atoms with Gasteiger partial charge in [-0.25, -0.2) is 0 Å². The number of halogens is 2. The van der Waals surface area contributed by atoms with Crippen molar-refractivity contribution in [3.63, 3.8) is 0 Å². The molecule has 0 saturated carbocycles. The van der Waals surface area contributed by atoms with Crippen LogP contribution in [0.2, 0.25) is 5.02 Å². The van der Waals surface area contributed by atoms with E-state index in [0.717, 1.165) is 0 Å². The van der Waals surface area contributed by atoms with Crippen LogP contribution in [0.15, 0.2) is 24.3 Å². The zero-order valence-corrected chi connectivity index (χ0v) is 13.3. The first-order valence-corrected chi connectivity index (χ1v) is 7.04. The first kappa shape index (κ1) is 16.8. The SMILES string of the molecule is CN(CC(=O)Nc1ccc(Cl)cc1)C(=O)C(C)(C)CCl. The number of alkyl halides is 1. The second kappa shape index (κ2) is 6.95. The van der Waals surface area contributed by atoms with Gasteiger partial charge >= 0.3 is 0 Å². The van der Waals surface area contributed by atoms with Crippen LogP contribution in [-0.2, 0) is 9.59 Å². The maximum absolute atomic E-state index is 12.1. The van der Waals surface area contributed by atoms with Crippen LogP contribution in [-0.4, -0.2) is 36.2 Å². The lowest BCUT2D eigenvalue weighted by molar-refractivity contribution is -0.140. The van der Waals surface area contributed by atoms with Crippen LogP contribution in [0.4, 0.5) is 5.69 Å². The Balaban J connectivity index is 2.58. The molecule has 0 aromatic heterocycles. The minimum Gasteiger partial charge on any atom is -0.336 e. The van der Waals surface area contributed by atoms with Crippen molar-refractivity contribution in [3.05, 3.63) is 29.3 Å². The number of nitrogens with one attached hydrogen (secondary N) is 1. The molecule has 20 heavy (non-hydrogen) atoms. The van der Waals surface area contributed by atoms with Crippen LogP contribution in [0.25, 0.3) is 0 Å². The molecule has 0 aliphatic heterocycles. The molecule has 0 saturated heterocycles. The van der Waals surface area contributed by atoms with Gasteiger partial charge in [-0.3, -0.25) is 9.59 Å². The highest BCUT2D eigenvalue weighted by molar-refractivity contribution is 6.30. The number of nitrogens with zero attached hydrogens (tertiary/aromatic N) is 1. The molecule has 0 aliphatic rings. The number of benzene rings is 1. The Morgan fingerprint density at radius 2 is 1.80 bits per heavy atom. The summed E-state index contributed by atoms with van der Waals surface area (Å²) in [6.45, 7) is 3.47. The fourth-order valence-electron chi connectivity index (χ4n) is 1.59. The Kier molecular flexibility index (Phi) is 5.84. The Hall–Kier alpha value is -1.26. The van der Waals surface area contributed by atoms with E-state index in [2.05, 4.69) is 5.32 Å². The first-order chi connectivity index (χ1) is 9.26. The average Bonchev–Trinajstić information content (AvgIpc) is 2.40. The molecular weight excluding hydrogens is 299 g/mol. The van der Waals surface area contributed by atoms with Gasteiger partial charge in [0.25, 0.3) is 0 Å². The third-order valence-corrected chi connectivity index (χ3v) is 3.69. The lowest BCUT2D eigenvalue weighted by atomic mass is 9.94. The lowest BCUT2D eigenvalue weighted by Gasteiger charge is -2.27. The zero-order chi connectivity index (χ0) is 15.3. The Bertz CT molecular complexity index is 486. The summed E-state index contributed by atoms with van der Waals surface area (Å²) in [6, 6.07) is 6.76. The summed E-state index contributed by atoms with van der Waals surface area (Å²) in [7, 11) is 1.58. The van der Waals surface area contributed by atoms with Crippen molar-refractivity contribution in [2.45, 2.75) is 13.8 Å². The Morgan fingerprint density at radius 3 is 2.30 bits per heavy atom. The van der Waals surface area contributed by atoms with Gasteiger partial charge < -0.3 is 10.2 Å². The summed E-state index contributed by atoms with van der Waals surface area (Å²) in [5.41, 5.74) is -0.0477. The van der Waals surface area contributed by atoms with Crippen molar-refractivity contribution >= 4 is 40.7 Å². The standard InChI is InChI=1S/C14H18Cl2N2O2/c1-14(2,9-15)13(20)18(3)8-12(19)17-11-6-4-10(16)5-7-11/h4-7H,8-9H2,1-3H3,(H,17,19). The molecule has 0 unspecified atom stereocenters. The number of hydrogen-bond donors (Lipinski definition) is 1. The highest BCUT2D eigenvalue weighted by Gasteiger charge is 2.30. The maximum atomic E-state index is 12.1. The zero-order valence-electron chi connectivity index (χ0n) is 11.7. The van der Waals surface area contributed by atoms with Crippen molar-refractivity contribution < 1.29 is 9.59 Å². The summed E-state index contributed by atoms with van der Waals surface area (Å²) < 4.78 is 0. The third kappa shape index (κ3) is 4.69. The van der Waals surface area contributed by atoms with Crippen molar-refractivity contribution in [3.8, 4) is 0 Å². The number of carbonyl (C=O) groups excluding carboxylic acids is 2. The minimum atomic E-state index is -0.684. The number of hydrogen-bond acceptors (Lipinski definition) is 2. The number of likely N-dealkylation sites (N-methyl/N-ethyl adjacent to an activating group) is 1. The molecule has 0 spiro atoms. The minimum absolute atomic E-state index is 0.0260. The monoisotopic (exact) mass is 316 g/mol. The molecule has 0 bridgehead atoms. The van der Waals surface area contributed by atoms with Crippen LogP contribution in [0.1, 0.15) is 13.8 Å². The molecule has 0 aliphatic carbocycles. The van der Waals surface area contributed by atoms with Gasteiger partial charge in [0, 0.05) is 23.6 Å². The van der Waals surface area contributed by atoms with E-state index >= 15 is 0 Å². The van der Waals surface area contributed by atoms with Crippen molar-refractivity contribution in [1.82, 2.24) is 4.90 Å². The average molecular weight is 317 g/mol. The van der Waals surface area contributed by atoms with E-state index in [1.165, 1.54) is 4.90 Å². The van der Waals surface area contributed by atoms with Crippen molar-refractivity contribution in [2.75, 3.05) is 24.8 Å². The van der Waals surface area contributed by atoms with Crippen LogP contribution < -0.4 is 5.32 Å². The highest BCUT2D eigenvalue weighted by atomic mass is 35.5. The predicted octanol–water partition coefficient (Wildman–Crippen LogP) is 3.00. The summed E-state index contributed by atoms with van der Waals surface area (Å²) in [5.74, 6) is -0.234. The van der Waals surface area contributed by atoms with Gasteiger partial charge in [-0.1, -0.05) is 11.6 Å². The van der Waals surface area contributed by atoms with Crippen LogP contribution in [0, 0.1) is 5.41 Å². The molecule has 0 atom stereocenters. The molecular formula is C14H18Cl2N2O2. The first-order valence-electron chi connectivity index (χ1n) is 6.13. The maximum Gasteiger partial charge on any atom is 0.243 e. The highest BCUT2D eigenvalue weighted by Crippen LogP contribution is 2.20. The lowest BCUT2D eigenvalue weighted by Crippen LogP contribution is -2.43. The Morgan fingerprint density at radius 1 is 1.25 bits per heavy atom. The topological polar surface area (TPSA) is 49.4 Å². The van der Waals surface area contributed by atoms with Gasteiger partial charge in [-0.05, 0) is 38.1 Å². The van der Waals surface area contributed by atoms with Crippen LogP contribution in [0.3, 0.4) is 0 Å². The fraction of sp³-hybridized carbons (Fsp3) is 0.429. The molecule has 1 aromatic rings. The smallest absolute Gasteiger partial charge is 0.243 e. The molecule has 0 fully saturated rings. The summed E-state index contributed by atoms with van der Waals surface area (Å²) in [4.78, 5) is 25.3.